The molecule has 1 saturated heterocycles. The van der Waals surface area contributed by atoms with Gasteiger partial charge in [0.25, 0.3) is 0 Å². The van der Waals surface area contributed by atoms with Crippen LogP contribution in [-0.4, -0.2) is 23.8 Å². The van der Waals surface area contributed by atoms with Crippen LogP contribution in [0, 0.1) is 0 Å². The first-order chi connectivity index (χ1) is 6.34. The zero-order valence-electron chi connectivity index (χ0n) is 7.61. The number of aliphatic hydroxyl groups is 1. The third-order valence-corrected chi connectivity index (χ3v) is 2.52. The van der Waals surface area contributed by atoms with Crippen molar-refractivity contribution in [3.8, 4) is 0 Å². The number of benzene rings is 1. The summed E-state index contributed by atoms with van der Waals surface area (Å²) in [4.78, 5) is 0. The molecule has 0 bridgehead atoms. The Labute approximate surface area is 78.6 Å². The summed E-state index contributed by atoms with van der Waals surface area (Å²) in [6.07, 6.45) is 1.76. The number of hydrogen-bond donors (Lipinski definition) is 2. The van der Waals surface area contributed by atoms with Crippen LogP contribution in [0.4, 0.5) is 0 Å². The van der Waals surface area contributed by atoms with Crippen LogP contribution in [0.15, 0.2) is 30.3 Å². The first kappa shape index (κ1) is 8.73. The summed E-state index contributed by atoms with van der Waals surface area (Å²) in [6, 6.07) is 10.9. The fourth-order valence-corrected chi connectivity index (χ4v) is 1.85. The van der Waals surface area contributed by atoms with Gasteiger partial charge >= 0.3 is 0 Å². The predicted molar refractivity (Wildman–Crippen MR) is 52.6 cm³/mol. The maximum atomic E-state index is 9.32. The van der Waals surface area contributed by atoms with Crippen molar-refractivity contribution >= 4 is 0 Å². The minimum absolute atomic E-state index is 0.145. The van der Waals surface area contributed by atoms with Gasteiger partial charge in [0.1, 0.15) is 0 Å². The van der Waals surface area contributed by atoms with Gasteiger partial charge in [-0.05, 0) is 18.4 Å². The highest BCUT2D eigenvalue weighted by Crippen LogP contribution is 2.12. The molecule has 0 amide bonds. The van der Waals surface area contributed by atoms with Crippen molar-refractivity contribution in [2.45, 2.75) is 25.0 Å². The Kier molecular flexibility index (Phi) is 2.62. The summed E-state index contributed by atoms with van der Waals surface area (Å²) in [5, 5.41) is 12.6. The second kappa shape index (κ2) is 3.90. The fourth-order valence-electron chi connectivity index (χ4n) is 1.85. The van der Waals surface area contributed by atoms with Crippen LogP contribution in [0.1, 0.15) is 12.0 Å². The predicted octanol–water partition coefficient (Wildman–Crippen LogP) is 0.952. The molecular weight excluding hydrogens is 162 g/mol. The summed E-state index contributed by atoms with van der Waals surface area (Å²) in [6.45, 7) is 0.748. The van der Waals surface area contributed by atoms with E-state index in [-0.39, 0.29) is 6.10 Å². The molecule has 1 aliphatic heterocycles. The third kappa shape index (κ3) is 2.29. The largest absolute Gasteiger partial charge is 0.392 e. The van der Waals surface area contributed by atoms with Crippen molar-refractivity contribution in [1.82, 2.24) is 5.32 Å². The normalized spacial score (nSPS) is 27.8. The Hall–Kier alpha value is -0.860. The molecule has 1 aliphatic rings. The smallest absolute Gasteiger partial charge is 0.0679 e. The maximum Gasteiger partial charge on any atom is 0.0679 e. The SMILES string of the molecule is O[C@@H]1CNC(Cc2ccccc2)C1. The van der Waals surface area contributed by atoms with Crippen LogP contribution in [0.2, 0.25) is 0 Å². The summed E-state index contributed by atoms with van der Waals surface area (Å²) >= 11 is 0. The molecule has 1 fully saturated rings. The summed E-state index contributed by atoms with van der Waals surface area (Å²) in [7, 11) is 0. The van der Waals surface area contributed by atoms with Gasteiger partial charge in [-0.25, -0.2) is 0 Å². The topological polar surface area (TPSA) is 32.3 Å². The van der Waals surface area contributed by atoms with E-state index < -0.39 is 0 Å². The molecule has 13 heavy (non-hydrogen) atoms. The first-order valence-electron chi connectivity index (χ1n) is 4.80. The Morgan fingerprint density at radius 3 is 2.69 bits per heavy atom. The number of nitrogens with one attached hydrogen (secondary N) is 1. The van der Waals surface area contributed by atoms with E-state index in [0.29, 0.717) is 6.04 Å². The number of aliphatic hydroxyl groups excluding tert-OH is 1. The monoisotopic (exact) mass is 177 g/mol. The van der Waals surface area contributed by atoms with Crippen LogP contribution >= 0.6 is 0 Å². The molecular formula is C11H15NO. The second-order valence-corrected chi connectivity index (χ2v) is 3.68. The minimum atomic E-state index is -0.145. The van der Waals surface area contributed by atoms with Crippen LogP contribution in [-0.2, 0) is 6.42 Å². The molecule has 2 rings (SSSR count). The van der Waals surface area contributed by atoms with Crippen molar-refractivity contribution < 1.29 is 5.11 Å². The number of β-amino-alcohol motifs (C(OH)–C–C–N with tert-alkyl or cyclic N) is 1. The van der Waals surface area contributed by atoms with Crippen molar-refractivity contribution in [2.75, 3.05) is 6.54 Å². The molecule has 2 atom stereocenters. The molecule has 0 aromatic heterocycles. The van der Waals surface area contributed by atoms with Gasteiger partial charge < -0.3 is 10.4 Å². The lowest BCUT2D eigenvalue weighted by atomic mass is 10.0. The molecule has 1 aromatic carbocycles. The van der Waals surface area contributed by atoms with Crippen LogP contribution in [0.25, 0.3) is 0 Å². The lowest BCUT2D eigenvalue weighted by molar-refractivity contribution is 0.193. The van der Waals surface area contributed by atoms with E-state index in [2.05, 4.69) is 29.6 Å². The summed E-state index contributed by atoms with van der Waals surface area (Å²) < 4.78 is 0. The highest BCUT2D eigenvalue weighted by atomic mass is 16.3. The Balaban J connectivity index is 1.92. The molecule has 2 N–H and O–H groups in total. The maximum absolute atomic E-state index is 9.32. The van der Waals surface area contributed by atoms with Gasteiger partial charge in [0.05, 0.1) is 6.10 Å². The van der Waals surface area contributed by atoms with E-state index in [1.165, 1.54) is 5.56 Å². The highest BCUT2D eigenvalue weighted by molar-refractivity contribution is 5.16. The van der Waals surface area contributed by atoms with Crippen molar-refractivity contribution in [2.24, 2.45) is 0 Å². The molecule has 1 heterocycles. The molecule has 0 spiro atoms. The van der Waals surface area contributed by atoms with E-state index >= 15 is 0 Å². The van der Waals surface area contributed by atoms with Gasteiger partial charge in [0.15, 0.2) is 0 Å². The Morgan fingerprint density at radius 2 is 2.08 bits per heavy atom. The fraction of sp³-hybridized carbons (Fsp3) is 0.455. The van der Waals surface area contributed by atoms with Gasteiger partial charge in [-0.1, -0.05) is 30.3 Å². The van der Waals surface area contributed by atoms with E-state index in [1.54, 1.807) is 0 Å². The minimum Gasteiger partial charge on any atom is -0.392 e. The molecule has 1 unspecified atom stereocenters. The molecule has 0 saturated carbocycles. The van der Waals surface area contributed by atoms with Gasteiger partial charge in [-0.3, -0.25) is 0 Å². The van der Waals surface area contributed by atoms with Crippen LogP contribution < -0.4 is 5.32 Å². The number of hydrogen-bond acceptors (Lipinski definition) is 2. The standard InChI is InChI=1S/C11H15NO/c13-11-7-10(12-8-11)6-9-4-2-1-3-5-9/h1-5,10-13H,6-8H2/t10?,11-/m0/s1. The van der Waals surface area contributed by atoms with E-state index in [9.17, 15) is 5.11 Å². The third-order valence-electron chi connectivity index (χ3n) is 2.52. The molecule has 1 aromatic rings. The average Bonchev–Trinajstić information content (AvgIpc) is 2.53. The summed E-state index contributed by atoms with van der Waals surface area (Å²) in [5.41, 5.74) is 1.34. The van der Waals surface area contributed by atoms with Crippen molar-refractivity contribution in [3.63, 3.8) is 0 Å². The average molecular weight is 177 g/mol. The second-order valence-electron chi connectivity index (χ2n) is 3.68. The van der Waals surface area contributed by atoms with E-state index in [4.69, 9.17) is 0 Å². The van der Waals surface area contributed by atoms with Gasteiger partial charge in [-0.15, -0.1) is 0 Å². The van der Waals surface area contributed by atoms with E-state index in [0.717, 1.165) is 19.4 Å². The van der Waals surface area contributed by atoms with Crippen molar-refractivity contribution in [3.05, 3.63) is 35.9 Å². The van der Waals surface area contributed by atoms with E-state index in [1.807, 2.05) is 6.07 Å². The van der Waals surface area contributed by atoms with Crippen LogP contribution in [0.3, 0.4) is 0 Å². The first-order valence-corrected chi connectivity index (χ1v) is 4.80. The lowest BCUT2D eigenvalue weighted by Crippen LogP contribution is -2.23. The molecule has 0 aliphatic carbocycles. The van der Waals surface area contributed by atoms with Gasteiger partial charge in [-0.2, -0.15) is 0 Å². The van der Waals surface area contributed by atoms with Gasteiger partial charge in [0.2, 0.25) is 0 Å². The molecule has 0 radical (unpaired) electrons. The van der Waals surface area contributed by atoms with Crippen LogP contribution in [0.5, 0.6) is 0 Å². The lowest BCUT2D eigenvalue weighted by Gasteiger charge is -2.09. The Morgan fingerprint density at radius 1 is 1.31 bits per heavy atom. The quantitative estimate of drug-likeness (QED) is 0.705. The summed E-state index contributed by atoms with van der Waals surface area (Å²) in [5.74, 6) is 0. The number of rotatable bonds is 2. The molecule has 2 heteroatoms. The molecule has 2 nitrogen and oxygen atoms in total. The highest BCUT2D eigenvalue weighted by Gasteiger charge is 2.21. The zero-order valence-corrected chi connectivity index (χ0v) is 7.61. The van der Waals surface area contributed by atoms with Gasteiger partial charge in [0, 0.05) is 12.6 Å². The molecule has 70 valence electrons. The Bertz CT molecular complexity index is 260. The zero-order chi connectivity index (χ0) is 9.10. The van der Waals surface area contributed by atoms with Crippen molar-refractivity contribution in [1.29, 1.82) is 0 Å².